The van der Waals surface area contributed by atoms with Crippen LogP contribution in [0, 0.1) is 6.92 Å². The van der Waals surface area contributed by atoms with Crippen molar-refractivity contribution in [1.29, 1.82) is 0 Å². The minimum atomic E-state index is -0.345. The molecule has 25 heavy (non-hydrogen) atoms. The van der Waals surface area contributed by atoms with Crippen molar-refractivity contribution < 1.29 is 9.59 Å². The number of H-pyrrole nitrogens is 1. The van der Waals surface area contributed by atoms with E-state index in [-0.39, 0.29) is 17.9 Å². The Morgan fingerprint density at radius 3 is 2.88 bits per heavy atom. The van der Waals surface area contributed by atoms with Gasteiger partial charge in [0.25, 0.3) is 0 Å². The van der Waals surface area contributed by atoms with Crippen molar-refractivity contribution in [2.75, 3.05) is 6.54 Å². The average molecular weight is 338 g/mol. The number of amides is 2. The van der Waals surface area contributed by atoms with Gasteiger partial charge in [0.2, 0.25) is 11.8 Å². The molecule has 0 bridgehead atoms. The monoisotopic (exact) mass is 338 g/mol. The number of likely N-dealkylation sites (tertiary alicyclic amines) is 1. The van der Waals surface area contributed by atoms with Crippen molar-refractivity contribution in [3.05, 3.63) is 52.8 Å². The van der Waals surface area contributed by atoms with Gasteiger partial charge in [-0.25, -0.2) is 0 Å². The summed E-state index contributed by atoms with van der Waals surface area (Å²) in [6, 6.07) is 7.79. The molecular formula is C19H22N4O2. The van der Waals surface area contributed by atoms with Gasteiger partial charge in [-0.15, -0.1) is 0 Å². The van der Waals surface area contributed by atoms with Gasteiger partial charge in [0.1, 0.15) is 6.04 Å². The molecule has 0 radical (unpaired) electrons. The van der Waals surface area contributed by atoms with Gasteiger partial charge < -0.3 is 9.80 Å². The number of nitrogens with zero attached hydrogens (tertiary/aromatic N) is 3. The lowest BCUT2D eigenvalue weighted by atomic mass is 10.1. The summed E-state index contributed by atoms with van der Waals surface area (Å²) in [5.41, 5.74) is 4.44. The Bertz CT molecular complexity index is 796. The maximum absolute atomic E-state index is 13.0. The van der Waals surface area contributed by atoms with Gasteiger partial charge in [-0.3, -0.25) is 14.7 Å². The summed E-state index contributed by atoms with van der Waals surface area (Å²) in [5.74, 6) is 0.129. The molecule has 4 rings (SSSR count). The second-order valence-electron chi connectivity index (χ2n) is 6.95. The molecule has 1 N–H and O–H groups in total. The lowest BCUT2D eigenvalue weighted by molar-refractivity contribution is -0.142. The molecule has 1 atom stereocenters. The molecule has 1 aromatic carbocycles. The van der Waals surface area contributed by atoms with Crippen LogP contribution < -0.4 is 0 Å². The SMILES string of the molecule is Cc1ccc(CN2C(=O)CC[C@H]2C(=O)N2CCc3[nH]ncc3C2)cc1. The number of aryl methyl sites for hydroxylation is 1. The number of hydrogen-bond acceptors (Lipinski definition) is 3. The number of nitrogens with one attached hydrogen (secondary N) is 1. The molecule has 2 aromatic rings. The number of fused-ring (bicyclic) bond motifs is 1. The van der Waals surface area contributed by atoms with Crippen LogP contribution in [0.3, 0.4) is 0 Å². The summed E-state index contributed by atoms with van der Waals surface area (Å²) in [6.45, 7) is 3.79. The third kappa shape index (κ3) is 3.04. The second kappa shape index (κ2) is 6.35. The van der Waals surface area contributed by atoms with Crippen molar-refractivity contribution >= 4 is 11.8 Å². The van der Waals surface area contributed by atoms with Gasteiger partial charge in [0.05, 0.1) is 6.20 Å². The largest absolute Gasteiger partial charge is 0.336 e. The Kier molecular flexibility index (Phi) is 4.03. The van der Waals surface area contributed by atoms with E-state index >= 15 is 0 Å². The van der Waals surface area contributed by atoms with Crippen LogP contribution in [-0.2, 0) is 29.1 Å². The number of carbonyl (C=O) groups excluding carboxylic acids is 2. The molecular weight excluding hydrogens is 316 g/mol. The number of benzene rings is 1. The molecule has 1 aromatic heterocycles. The third-order valence-corrected chi connectivity index (χ3v) is 5.20. The number of rotatable bonds is 3. The number of aromatic nitrogens is 2. The van der Waals surface area contributed by atoms with E-state index in [2.05, 4.69) is 10.2 Å². The normalized spacial score (nSPS) is 20.0. The second-order valence-corrected chi connectivity index (χ2v) is 6.95. The molecule has 0 saturated carbocycles. The van der Waals surface area contributed by atoms with Gasteiger partial charge in [-0.05, 0) is 18.9 Å². The minimum Gasteiger partial charge on any atom is -0.336 e. The van der Waals surface area contributed by atoms with Crippen LogP contribution in [0.25, 0.3) is 0 Å². The zero-order valence-electron chi connectivity index (χ0n) is 14.4. The summed E-state index contributed by atoms with van der Waals surface area (Å²) in [7, 11) is 0. The van der Waals surface area contributed by atoms with E-state index in [1.54, 1.807) is 11.1 Å². The summed E-state index contributed by atoms with van der Waals surface area (Å²) in [4.78, 5) is 29.0. The molecule has 2 aliphatic rings. The van der Waals surface area contributed by atoms with Crippen molar-refractivity contribution in [3.8, 4) is 0 Å². The molecule has 1 fully saturated rings. The maximum Gasteiger partial charge on any atom is 0.245 e. The van der Waals surface area contributed by atoms with Crippen molar-refractivity contribution in [3.63, 3.8) is 0 Å². The predicted molar refractivity (Wildman–Crippen MR) is 92.5 cm³/mol. The van der Waals surface area contributed by atoms with Crippen LogP contribution in [-0.4, -0.2) is 44.4 Å². The highest BCUT2D eigenvalue weighted by atomic mass is 16.2. The van der Waals surface area contributed by atoms with Gasteiger partial charge in [0.15, 0.2) is 0 Å². The first-order valence-electron chi connectivity index (χ1n) is 8.77. The fourth-order valence-corrected chi connectivity index (χ4v) is 3.70. The van der Waals surface area contributed by atoms with E-state index in [9.17, 15) is 9.59 Å². The fraction of sp³-hybridized carbons (Fsp3) is 0.421. The molecule has 0 spiro atoms. The highest BCUT2D eigenvalue weighted by Gasteiger charge is 2.38. The quantitative estimate of drug-likeness (QED) is 0.928. The summed E-state index contributed by atoms with van der Waals surface area (Å²) in [6.07, 6.45) is 3.64. The first-order chi connectivity index (χ1) is 12.1. The number of carbonyl (C=O) groups is 2. The minimum absolute atomic E-state index is 0.0600. The van der Waals surface area contributed by atoms with Crippen LogP contribution in [0.5, 0.6) is 0 Å². The molecule has 2 amide bonds. The molecule has 1 saturated heterocycles. The van der Waals surface area contributed by atoms with E-state index in [1.165, 1.54) is 5.56 Å². The maximum atomic E-state index is 13.0. The molecule has 6 heteroatoms. The van der Waals surface area contributed by atoms with E-state index in [1.807, 2.05) is 36.1 Å². The Labute approximate surface area is 146 Å². The van der Waals surface area contributed by atoms with E-state index < -0.39 is 0 Å². The third-order valence-electron chi connectivity index (χ3n) is 5.20. The average Bonchev–Trinajstić information content (AvgIpc) is 3.23. The fourth-order valence-electron chi connectivity index (χ4n) is 3.70. The van der Waals surface area contributed by atoms with Crippen molar-refractivity contribution in [2.45, 2.75) is 45.3 Å². The van der Waals surface area contributed by atoms with Crippen LogP contribution in [0.2, 0.25) is 0 Å². The summed E-state index contributed by atoms with van der Waals surface area (Å²) in [5, 5.41) is 7.04. The van der Waals surface area contributed by atoms with Gasteiger partial charge in [-0.2, -0.15) is 5.10 Å². The number of aromatic amines is 1. The first-order valence-corrected chi connectivity index (χ1v) is 8.77. The van der Waals surface area contributed by atoms with Gasteiger partial charge in [-0.1, -0.05) is 29.8 Å². The predicted octanol–water partition coefficient (Wildman–Crippen LogP) is 1.79. The summed E-state index contributed by atoms with van der Waals surface area (Å²) >= 11 is 0. The molecule has 0 unspecified atom stereocenters. The van der Waals surface area contributed by atoms with Gasteiger partial charge in [0, 0.05) is 43.7 Å². The molecule has 3 heterocycles. The standard InChI is InChI=1S/C19H22N4O2/c1-13-2-4-14(5-3-13)11-23-17(6-7-18(23)24)19(25)22-9-8-16-15(12-22)10-20-21-16/h2-5,10,17H,6-9,11-12H2,1H3,(H,20,21)/t17-/m0/s1. The van der Waals surface area contributed by atoms with E-state index in [0.29, 0.717) is 32.5 Å². The molecule has 6 nitrogen and oxygen atoms in total. The molecule has 2 aliphatic heterocycles. The van der Waals surface area contributed by atoms with Crippen molar-refractivity contribution in [2.24, 2.45) is 0 Å². The first kappa shape index (κ1) is 15.9. The highest BCUT2D eigenvalue weighted by Crippen LogP contribution is 2.25. The zero-order chi connectivity index (χ0) is 17.4. The molecule has 0 aliphatic carbocycles. The number of hydrogen-bond donors (Lipinski definition) is 1. The van der Waals surface area contributed by atoms with E-state index in [0.717, 1.165) is 23.2 Å². The lowest BCUT2D eigenvalue weighted by Gasteiger charge is -2.32. The van der Waals surface area contributed by atoms with Crippen LogP contribution in [0.15, 0.2) is 30.5 Å². The summed E-state index contributed by atoms with van der Waals surface area (Å²) < 4.78 is 0. The van der Waals surface area contributed by atoms with Crippen LogP contribution in [0.4, 0.5) is 0 Å². The van der Waals surface area contributed by atoms with E-state index in [4.69, 9.17) is 0 Å². The lowest BCUT2D eigenvalue weighted by Crippen LogP contribution is -2.47. The smallest absolute Gasteiger partial charge is 0.245 e. The zero-order valence-corrected chi connectivity index (χ0v) is 14.4. The Hall–Kier alpha value is -2.63. The Morgan fingerprint density at radius 1 is 1.28 bits per heavy atom. The topological polar surface area (TPSA) is 69.3 Å². The Balaban J connectivity index is 1.49. The van der Waals surface area contributed by atoms with Gasteiger partial charge >= 0.3 is 0 Å². The van der Waals surface area contributed by atoms with Crippen LogP contribution >= 0.6 is 0 Å². The van der Waals surface area contributed by atoms with Crippen LogP contribution in [0.1, 0.15) is 35.2 Å². The Morgan fingerprint density at radius 2 is 2.08 bits per heavy atom. The van der Waals surface area contributed by atoms with Crippen molar-refractivity contribution in [1.82, 2.24) is 20.0 Å². The highest BCUT2D eigenvalue weighted by molar-refractivity contribution is 5.91. The molecule has 130 valence electrons.